The molecule has 3 aromatic rings. The van der Waals surface area contributed by atoms with Crippen molar-refractivity contribution in [3.8, 4) is 11.4 Å². The summed E-state index contributed by atoms with van der Waals surface area (Å²) in [5.41, 5.74) is 6.71. The standard InChI is InChI=1S/C23H31N9O3/c1-5-32-28-21(27-29-32)14-7-18-19(15(20(24)33)8-25-31(18)10-14)26-17-6-13-9-30(11-16(13)12(17)2)22(34)23(3,4)35/h7-8,10,12-13,16-17,26,35H,5-6,9,11H2,1-4H3,(H2,24,33)/t12-,13?,16?,17-/m1/s1. The fourth-order valence-corrected chi connectivity index (χ4v) is 5.52. The van der Waals surface area contributed by atoms with Gasteiger partial charge in [-0.2, -0.15) is 9.90 Å². The van der Waals surface area contributed by atoms with Crippen LogP contribution >= 0.6 is 0 Å². The Morgan fingerprint density at radius 1 is 1.31 bits per heavy atom. The SMILES string of the molecule is CCn1nnc(-c2cc3c(N[C@@H]4CC5CN(C(=O)C(C)(C)O)CC5[C@H]4C)c(C(N)=O)cnn3c2)n1. The van der Waals surface area contributed by atoms with Crippen LogP contribution in [0.4, 0.5) is 5.69 Å². The quantitative estimate of drug-likeness (QED) is 0.466. The van der Waals surface area contributed by atoms with Gasteiger partial charge in [-0.3, -0.25) is 9.59 Å². The van der Waals surface area contributed by atoms with E-state index in [1.54, 1.807) is 15.6 Å². The molecule has 5 rings (SSSR count). The van der Waals surface area contributed by atoms with Crippen LogP contribution in [0.1, 0.15) is 44.5 Å². The number of aryl methyl sites for hydroxylation is 1. The van der Waals surface area contributed by atoms with E-state index in [2.05, 4.69) is 32.7 Å². The number of aliphatic hydroxyl groups is 1. The lowest BCUT2D eigenvalue weighted by molar-refractivity contribution is -0.147. The Morgan fingerprint density at radius 2 is 2.09 bits per heavy atom. The number of carbonyl (C=O) groups excluding carboxylic acids is 2. The van der Waals surface area contributed by atoms with Crippen LogP contribution in [-0.4, -0.2) is 76.4 Å². The second kappa shape index (κ2) is 8.29. The second-order valence-corrected chi connectivity index (χ2v) is 10.2. The molecule has 4 heterocycles. The number of hydrogen-bond acceptors (Lipinski definition) is 8. The van der Waals surface area contributed by atoms with Crippen molar-refractivity contribution in [2.45, 2.75) is 52.3 Å². The number of nitrogens with two attached hydrogens (primary N) is 1. The molecule has 4 N–H and O–H groups in total. The molecule has 1 saturated heterocycles. The summed E-state index contributed by atoms with van der Waals surface area (Å²) >= 11 is 0. The molecule has 0 radical (unpaired) electrons. The molecular formula is C23H31N9O3. The van der Waals surface area contributed by atoms with Crippen LogP contribution in [-0.2, 0) is 11.3 Å². The number of anilines is 1. The Morgan fingerprint density at radius 3 is 2.71 bits per heavy atom. The summed E-state index contributed by atoms with van der Waals surface area (Å²) in [5, 5.41) is 30.6. The number of carbonyl (C=O) groups is 2. The summed E-state index contributed by atoms with van der Waals surface area (Å²) in [6.45, 7) is 9.01. The van der Waals surface area contributed by atoms with Gasteiger partial charge in [-0.25, -0.2) is 4.52 Å². The lowest BCUT2D eigenvalue weighted by Crippen LogP contribution is -2.45. The minimum Gasteiger partial charge on any atom is -0.381 e. The number of amides is 2. The molecule has 12 heteroatoms. The van der Waals surface area contributed by atoms with Crippen molar-refractivity contribution in [2.24, 2.45) is 23.5 Å². The van der Waals surface area contributed by atoms with Crippen molar-refractivity contribution in [2.75, 3.05) is 18.4 Å². The summed E-state index contributed by atoms with van der Waals surface area (Å²) in [6.07, 6.45) is 4.12. The van der Waals surface area contributed by atoms with Crippen molar-refractivity contribution in [1.82, 2.24) is 34.7 Å². The lowest BCUT2D eigenvalue weighted by Gasteiger charge is -2.28. The van der Waals surface area contributed by atoms with E-state index in [9.17, 15) is 14.7 Å². The average molecular weight is 482 g/mol. The third-order valence-corrected chi connectivity index (χ3v) is 7.40. The molecule has 2 aliphatic rings. The van der Waals surface area contributed by atoms with Crippen LogP contribution in [0.15, 0.2) is 18.5 Å². The normalized spacial score (nSPS) is 24.2. The molecule has 1 aliphatic carbocycles. The third kappa shape index (κ3) is 4.01. The van der Waals surface area contributed by atoms with Gasteiger partial charge in [-0.05, 0) is 56.2 Å². The highest BCUT2D eigenvalue weighted by atomic mass is 16.3. The first-order valence-corrected chi connectivity index (χ1v) is 11.9. The predicted octanol–water partition coefficient (Wildman–Crippen LogP) is 0.772. The van der Waals surface area contributed by atoms with Crippen molar-refractivity contribution in [3.63, 3.8) is 0 Å². The second-order valence-electron chi connectivity index (χ2n) is 10.2. The number of hydrogen-bond donors (Lipinski definition) is 3. The van der Waals surface area contributed by atoms with E-state index in [0.717, 1.165) is 12.0 Å². The zero-order valence-corrected chi connectivity index (χ0v) is 20.3. The summed E-state index contributed by atoms with van der Waals surface area (Å²) in [4.78, 5) is 28.1. The first-order chi connectivity index (χ1) is 16.6. The molecule has 0 aromatic carbocycles. The summed E-state index contributed by atoms with van der Waals surface area (Å²) in [7, 11) is 0. The van der Waals surface area contributed by atoms with Crippen LogP contribution in [0.2, 0.25) is 0 Å². The van der Waals surface area contributed by atoms with E-state index < -0.39 is 11.5 Å². The van der Waals surface area contributed by atoms with E-state index in [1.807, 2.05) is 13.0 Å². The molecule has 35 heavy (non-hydrogen) atoms. The Bertz CT molecular complexity index is 1290. The number of tetrazole rings is 1. The number of fused-ring (bicyclic) bond motifs is 2. The predicted molar refractivity (Wildman–Crippen MR) is 127 cm³/mol. The number of rotatable bonds is 6. The van der Waals surface area contributed by atoms with Gasteiger partial charge in [0.25, 0.3) is 11.8 Å². The van der Waals surface area contributed by atoms with E-state index in [-0.39, 0.29) is 17.9 Å². The zero-order valence-electron chi connectivity index (χ0n) is 20.3. The Hall–Kier alpha value is -3.54. The molecule has 3 aromatic heterocycles. The summed E-state index contributed by atoms with van der Waals surface area (Å²) < 4.78 is 1.68. The van der Waals surface area contributed by atoms with Gasteiger partial charge in [0.2, 0.25) is 5.82 Å². The Kier molecular flexibility index (Phi) is 5.50. The van der Waals surface area contributed by atoms with E-state index in [4.69, 9.17) is 5.73 Å². The van der Waals surface area contributed by atoms with Crippen molar-refractivity contribution in [1.29, 1.82) is 0 Å². The molecule has 0 spiro atoms. The average Bonchev–Trinajstić information content (AvgIpc) is 3.57. The maximum atomic E-state index is 12.6. The molecule has 2 amide bonds. The van der Waals surface area contributed by atoms with Crippen LogP contribution in [0.3, 0.4) is 0 Å². The highest BCUT2D eigenvalue weighted by molar-refractivity contribution is 6.02. The monoisotopic (exact) mass is 481 g/mol. The Labute approximate surface area is 202 Å². The maximum absolute atomic E-state index is 12.6. The van der Waals surface area contributed by atoms with Gasteiger partial charge in [-0.15, -0.1) is 10.2 Å². The number of likely N-dealkylation sites (tertiary alicyclic amines) is 1. The topological polar surface area (TPSA) is 157 Å². The molecule has 0 bridgehead atoms. The fraction of sp³-hybridized carbons (Fsp3) is 0.565. The number of primary amides is 1. The van der Waals surface area contributed by atoms with E-state index in [0.29, 0.717) is 54.1 Å². The molecule has 12 nitrogen and oxygen atoms in total. The first-order valence-electron chi connectivity index (χ1n) is 11.9. The van der Waals surface area contributed by atoms with Crippen LogP contribution < -0.4 is 11.1 Å². The molecule has 1 saturated carbocycles. The summed E-state index contributed by atoms with van der Waals surface area (Å²) in [5.74, 6) is 0.555. The lowest BCUT2D eigenvalue weighted by atomic mass is 9.93. The van der Waals surface area contributed by atoms with Gasteiger partial charge in [-0.1, -0.05) is 6.92 Å². The smallest absolute Gasteiger partial charge is 0.253 e. The maximum Gasteiger partial charge on any atom is 0.253 e. The third-order valence-electron chi connectivity index (χ3n) is 7.40. The van der Waals surface area contributed by atoms with Gasteiger partial charge in [0.1, 0.15) is 5.60 Å². The fourth-order valence-electron chi connectivity index (χ4n) is 5.52. The first kappa shape index (κ1) is 23.2. The van der Waals surface area contributed by atoms with Gasteiger partial charge < -0.3 is 21.1 Å². The van der Waals surface area contributed by atoms with Crippen LogP contribution in [0, 0.1) is 17.8 Å². The highest BCUT2D eigenvalue weighted by Gasteiger charge is 2.48. The molecule has 186 valence electrons. The van der Waals surface area contributed by atoms with E-state index >= 15 is 0 Å². The van der Waals surface area contributed by atoms with Gasteiger partial charge in [0.15, 0.2) is 0 Å². The number of aromatic nitrogens is 6. The number of nitrogens with zero attached hydrogens (tertiary/aromatic N) is 7. The van der Waals surface area contributed by atoms with Crippen molar-refractivity contribution < 1.29 is 14.7 Å². The zero-order chi connectivity index (χ0) is 25.1. The molecule has 2 fully saturated rings. The molecule has 4 atom stereocenters. The summed E-state index contributed by atoms with van der Waals surface area (Å²) in [6, 6.07) is 1.97. The van der Waals surface area contributed by atoms with Gasteiger partial charge in [0.05, 0.1) is 29.5 Å². The van der Waals surface area contributed by atoms with Crippen LogP contribution in [0.5, 0.6) is 0 Å². The minimum atomic E-state index is -1.37. The number of nitrogens with one attached hydrogen (secondary N) is 1. The molecule has 1 aliphatic heterocycles. The van der Waals surface area contributed by atoms with Crippen LogP contribution in [0.25, 0.3) is 16.9 Å². The molecular weight excluding hydrogens is 450 g/mol. The Balaban J connectivity index is 1.42. The highest BCUT2D eigenvalue weighted by Crippen LogP contribution is 2.44. The minimum absolute atomic E-state index is 0.0890. The van der Waals surface area contributed by atoms with E-state index in [1.165, 1.54) is 24.8 Å². The van der Waals surface area contributed by atoms with Crippen molar-refractivity contribution in [3.05, 3.63) is 24.0 Å². The molecule has 2 unspecified atom stereocenters. The van der Waals surface area contributed by atoms with Gasteiger partial charge >= 0.3 is 0 Å². The largest absolute Gasteiger partial charge is 0.381 e. The van der Waals surface area contributed by atoms with Crippen molar-refractivity contribution >= 4 is 23.0 Å². The van der Waals surface area contributed by atoms with Gasteiger partial charge in [0, 0.05) is 30.9 Å².